The van der Waals surface area contributed by atoms with Crippen LogP contribution in [0, 0.1) is 6.92 Å². The van der Waals surface area contributed by atoms with Crippen LogP contribution >= 0.6 is 0 Å². The Hall–Kier alpha value is -0.200. The number of carboxylic acids is 1. The maximum absolute atomic E-state index is 10.4. The van der Waals surface area contributed by atoms with Crippen molar-refractivity contribution in [1.82, 2.24) is 15.0 Å². The molecule has 0 fully saturated rings. The second kappa shape index (κ2) is 15.1. The normalized spacial score (nSPS) is 9.46. The van der Waals surface area contributed by atoms with Crippen molar-refractivity contribution in [3.05, 3.63) is 6.92 Å². The number of nitrogens with zero attached hydrogens (tertiary/aromatic N) is 4. The predicted molar refractivity (Wildman–Crippen MR) is 78.2 cm³/mol. The standard InChI is InChI=1S/C12H21N6O4.2Na/c1-2-13-10-15-11(14-4-3-9(21)22)17-12(16-10)18(5-7-19)6-8-20;;/h19-20H,1-8H2,(H,21,22)(H2,13,14,15,16,17);;/q-1;2*+1/p-1. The first kappa shape index (κ1) is 26.0. The van der Waals surface area contributed by atoms with Gasteiger partial charge >= 0.3 is 59.1 Å². The Bertz CT molecular complexity index is 477. The van der Waals surface area contributed by atoms with Crippen molar-refractivity contribution in [3.63, 3.8) is 0 Å². The molecule has 124 valence electrons. The van der Waals surface area contributed by atoms with Crippen LogP contribution in [0.15, 0.2) is 0 Å². The Balaban J connectivity index is 0. The second-order valence-corrected chi connectivity index (χ2v) is 4.19. The zero-order valence-electron chi connectivity index (χ0n) is 14.2. The second-order valence-electron chi connectivity index (χ2n) is 4.19. The van der Waals surface area contributed by atoms with Crippen LogP contribution in [0.5, 0.6) is 0 Å². The van der Waals surface area contributed by atoms with Gasteiger partial charge in [0, 0.05) is 32.0 Å². The Morgan fingerprint density at radius 1 is 1.08 bits per heavy atom. The molecule has 0 saturated heterocycles. The summed E-state index contributed by atoms with van der Waals surface area (Å²) >= 11 is 0. The number of carbonyl (C=O) groups excluding carboxylic acids is 1. The van der Waals surface area contributed by atoms with Crippen LogP contribution < -0.4 is 79.8 Å². The molecule has 0 atom stereocenters. The number of aromatic nitrogens is 3. The minimum Gasteiger partial charge on any atom is -0.550 e. The van der Waals surface area contributed by atoms with Crippen LogP contribution in [0.1, 0.15) is 6.42 Å². The first-order valence-electron chi connectivity index (χ1n) is 6.80. The first-order valence-corrected chi connectivity index (χ1v) is 6.80. The minimum absolute atomic E-state index is 0. The van der Waals surface area contributed by atoms with Gasteiger partial charge in [0.15, 0.2) is 0 Å². The number of aliphatic hydroxyl groups is 2. The molecule has 1 aromatic heterocycles. The summed E-state index contributed by atoms with van der Waals surface area (Å²) in [7, 11) is 0. The summed E-state index contributed by atoms with van der Waals surface area (Å²) in [4.78, 5) is 24.4. The third-order valence-electron chi connectivity index (χ3n) is 2.54. The Kier molecular flexibility index (Phi) is 16.4. The number of hydrogen-bond donors (Lipinski definition) is 4. The van der Waals surface area contributed by atoms with E-state index in [1.54, 1.807) is 4.90 Å². The van der Waals surface area contributed by atoms with Gasteiger partial charge in [-0.05, 0) is 0 Å². The number of hydrogen-bond acceptors (Lipinski definition) is 10. The van der Waals surface area contributed by atoms with E-state index in [9.17, 15) is 9.90 Å². The average Bonchev–Trinajstić information content (AvgIpc) is 2.47. The smallest absolute Gasteiger partial charge is 0.550 e. The predicted octanol–water partition coefficient (Wildman–Crippen LogP) is -8.53. The van der Waals surface area contributed by atoms with E-state index >= 15 is 0 Å². The average molecular weight is 358 g/mol. The number of carboxylic acid groups (broad SMARTS) is 1. The molecule has 4 N–H and O–H groups in total. The maximum atomic E-state index is 10.4. The van der Waals surface area contributed by atoms with Crippen LogP contribution in [-0.2, 0) is 4.79 Å². The molecule has 0 spiro atoms. The summed E-state index contributed by atoms with van der Waals surface area (Å²) in [5.41, 5.74) is 0. The molecule has 12 heteroatoms. The minimum atomic E-state index is -1.18. The van der Waals surface area contributed by atoms with E-state index < -0.39 is 5.97 Å². The Morgan fingerprint density at radius 3 is 2.08 bits per heavy atom. The van der Waals surface area contributed by atoms with Crippen LogP contribution in [0.2, 0.25) is 0 Å². The number of nitrogens with one attached hydrogen (secondary N) is 2. The van der Waals surface area contributed by atoms with Gasteiger partial charge in [-0.15, -0.1) is 6.54 Å². The summed E-state index contributed by atoms with van der Waals surface area (Å²) in [6.07, 6.45) is -0.184. The van der Waals surface area contributed by atoms with Crippen molar-refractivity contribution in [3.8, 4) is 0 Å². The van der Waals surface area contributed by atoms with E-state index in [1.807, 2.05) is 0 Å². The number of carbonyl (C=O) groups is 1. The fourth-order valence-electron chi connectivity index (χ4n) is 1.61. The molecule has 0 aromatic carbocycles. The van der Waals surface area contributed by atoms with Crippen molar-refractivity contribution >= 4 is 23.8 Å². The van der Waals surface area contributed by atoms with E-state index in [1.165, 1.54) is 0 Å². The molecule has 10 nitrogen and oxygen atoms in total. The Labute approximate surface area is 185 Å². The number of anilines is 3. The van der Waals surface area contributed by atoms with E-state index in [-0.39, 0.29) is 116 Å². The fraction of sp³-hybridized carbons (Fsp3) is 0.583. The summed E-state index contributed by atoms with van der Waals surface area (Å²) in [6.45, 7) is 4.32. The molecule has 0 radical (unpaired) electrons. The van der Waals surface area contributed by atoms with Gasteiger partial charge in [0.1, 0.15) is 0 Å². The zero-order valence-corrected chi connectivity index (χ0v) is 18.2. The first-order chi connectivity index (χ1) is 10.6. The number of aliphatic carboxylic acids is 1. The zero-order chi connectivity index (χ0) is 16.4. The van der Waals surface area contributed by atoms with Crippen molar-refractivity contribution in [2.45, 2.75) is 6.42 Å². The largest absolute Gasteiger partial charge is 1.00 e. The van der Waals surface area contributed by atoms with Gasteiger partial charge in [-0.25, -0.2) is 0 Å². The van der Waals surface area contributed by atoms with Crippen LogP contribution in [-0.4, -0.2) is 70.5 Å². The molecule has 0 aliphatic rings. The summed E-state index contributed by atoms with van der Waals surface area (Å²) in [6, 6.07) is 0. The maximum Gasteiger partial charge on any atom is 1.00 e. The quantitative estimate of drug-likeness (QED) is 0.222. The molecule has 1 heterocycles. The SMILES string of the molecule is [CH2-]CNc1nc(NCCC(=O)[O-])nc(N(CCO)CCO)n1.[Na+].[Na+]. The van der Waals surface area contributed by atoms with Crippen molar-refractivity contribution in [1.29, 1.82) is 0 Å². The van der Waals surface area contributed by atoms with Gasteiger partial charge in [-0.2, -0.15) is 15.0 Å². The molecule has 24 heavy (non-hydrogen) atoms. The molecule has 0 aliphatic carbocycles. The van der Waals surface area contributed by atoms with E-state index in [4.69, 9.17) is 10.2 Å². The fourth-order valence-corrected chi connectivity index (χ4v) is 1.61. The van der Waals surface area contributed by atoms with E-state index in [2.05, 4.69) is 32.5 Å². The molecule has 0 bridgehead atoms. The molecule has 0 unspecified atom stereocenters. The van der Waals surface area contributed by atoms with Crippen molar-refractivity contribution in [2.24, 2.45) is 0 Å². The van der Waals surface area contributed by atoms with Crippen molar-refractivity contribution < 1.29 is 79.2 Å². The van der Waals surface area contributed by atoms with Crippen LogP contribution in [0.25, 0.3) is 0 Å². The van der Waals surface area contributed by atoms with Crippen LogP contribution in [0.3, 0.4) is 0 Å². The molecule has 1 aromatic rings. The molecule has 0 saturated carbocycles. The molecule has 1 rings (SSSR count). The monoisotopic (exact) mass is 358 g/mol. The summed E-state index contributed by atoms with van der Waals surface area (Å²) in [5, 5.41) is 34.1. The number of aliphatic hydroxyl groups excluding tert-OH is 2. The summed E-state index contributed by atoms with van der Waals surface area (Å²) in [5.74, 6) is -0.481. The topological polar surface area (TPSA) is 147 Å². The van der Waals surface area contributed by atoms with Gasteiger partial charge in [-0.1, -0.05) is 0 Å². The van der Waals surface area contributed by atoms with Gasteiger partial charge < -0.3 is 42.6 Å². The van der Waals surface area contributed by atoms with Gasteiger partial charge in [0.2, 0.25) is 17.8 Å². The molecule has 0 aliphatic heterocycles. The Morgan fingerprint density at radius 2 is 1.62 bits per heavy atom. The van der Waals surface area contributed by atoms with Crippen LogP contribution in [0.4, 0.5) is 17.8 Å². The van der Waals surface area contributed by atoms with E-state index in [0.717, 1.165) is 0 Å². The van der Waals surface area contributed by atoms with E-state index in [0.29, 0.717) is 6.54 Å². The third-order valence-corrected chi connectivity index (χ3v) is 2.54. The van der Waals surface area contributed by atoms with Gasteiger partial charge in [0.05, 0.1) is 13.2 Å². The van der Waals surface area contributed by atoms with Gasteiger partial charge in [0.25, 0.3) is 0 Å². The van der Waals surface area contributed by atoms with Crippen molar-refractivity contribution in [2.75, 3.05) is 54.9 Å². The molecule has 0 amide bonds. The number of rotatable bonds is 11. The summed E-state index contributed by atoms with van der Waals surface area (Å²) < 4.78 is 0. The molecular formula is C12H20N6Na2O4. The molecular weight excluding hydrogens is 338 g/mol. The third kappa shape index (κ3) is 9.94. The van der Waals surface area contributed by atoms with Gasteiger partial charge in [-0.3, -0.25) is 0 Å².